The summed E-state index contributed by atoms with van der Waals surface area (Å²) in [5.74, 6) is 0. The van der Waals surface area contributed by atoms with Crippen molar-refractivity contribution in [3.63, 3.8) is 0 Å². The topological polar surface area (TPSA) is 16.1 Å². The van der Waals surface area contributed by atoms with E-state index in [2.05, 4.69) is 56.6 Å². The quantitative estimate of drug-likeness (QED) is 0.737. The average Bonchev–Trinajstić information content (AvgIpc) is 2.37. The Kier molecular flexibility index (Phi) is 5.14. The summed E-state index contributed by atoms with van der Waals surface area (Å²) in [6.07, 6.45) is 5.86. The number of piperidine rings is 1. The molecule has 0 aliphatic carbocycles. The van der Waals surface area contributed by atoms with Crippen molar-refractivity contribution in [1.82, 2.24) is 9.88 Å². The molecular formula is C17H28N2S. The second kappa shape index (κ2) is 6.48. The van der Waals surface area contributed by atoms with Gasteiger partial charge in [0, 0.05) is 28.6 Å². The number of hydrogen-bond donors (Lipinski definition) is 0. The summed E-state index contributed by atoms with van der Waals surface area (Å²) in [6, 6.07) is 5.53. The predicted octanol–water partition coefficient (Wildman–Crippen LogP) is 4.91. The van der Waals surface area contributed by atoms with Crippen LogP contribution in [0.3, 0.4) is 0 Å². The third-order valence-corrected chi connectivity index (χ3v) is 4.92. The van der Waals surface area contributed by atoms with Crippen LogP contribution in [0.15, 0.2) is 23.4 Å². The van der Waals surface area contributed by atoms with Crippen LogP contribution in [0, 0.1) is 0 Å². The number of nitrogens with zero attached hydrogens (tertiary/aromatic N) is 2. The van der Waals surface area contributed by atoms with Gasteiger partial charge in [-0.15, -0.1) is 11.8 Å². The number of hydrogen-bond acceptors (Lipinski definition) is 3. The second-order valence-electron chi connectivity index (χ2n) is 6.96. The van der Waals surface area contributed by atoms with Crippen LogP contribution in [0.1, 0.15) is 65.5 Å². The van der Waals surface area contributed by atoms with Gasteiger partial charge in [-0.3, -0.25) is 4.90 Å². The van der Waals surface area contributed by atoms with E-state index >= 15 is 0 Å². The molecule has 1 aliphatic rings. The minimum atomic E-state index is 0.209. The van der Waals surface area contributed by atoms with E-state index in [1.807, 2.05) is 18.0 Å². The zero-order valence-electron chi connectivity index (χ0n) is 13.5. The van der Waals surface area contributed by atoms with Gasteiger partial charge < -0.3 is 0 Å². The van der Waals surface area contributed by atoms with E-state index in [0.29, 0.717) is 12.1 Å². The maximum absolute atomic E-state index is 4.67. The lowest BCUT2D eigenvalue weighted by Crippen LogP contribution is -2.38. The van der Waals surface area contributed by atoms with Gasteiger partial charge in [-0.2, -0.15) is 0 Å². The second-order valence-corrected chi connectivity index (χ2v) is 8.77. The highest BCUT2D eigenvalue weighted by Gasteiger charge is 2.29. The number of likely N-dealkylation sites (tertiary alicyclic amines) is 1. The maximum atomic E-state index is 4.67. The summed E-state index contributed by atoms with van der Waals surface area (Å²) in [7, 11) is 0. The number of pyridine rings is 1. The molecule has 1 unspecified atom stereocenters. The lowest BCUT2D eigenvalue weighted by Gasteiger charge is -2.39. The fourth-order valence-corrected chi connectivity index (χ4v) is 3.95. The van der Waals surface area contributed by atoms with E-state index in [4.69, 9.17) is 0 Å². The molecule has 1 saturated heterocycles. The first-order chi connectivity index (χ1) is 9.38. The number of aromatic nitrogens is 1. The van der Waals surface area contributed by atoms with Gasteiger partial charge in [-0.05, 0) is 39.3 Å². The fraction of sp³-hybridized carbons (Fsp3) is 0.706. The van der Waals surface area contributed by atoms with Crippen molar-refractivity contribution in [2.24, 2.45) is 0 Å². The molecule has 1 atom stereocenters. The number of rotatable bonds is 3. The Hall–Kier alpha value is -0.540. The van der Waals surface area contributed by atoms with E-state index in [1.165, 1.54) is 36.4 Å². The zero-order chi connectivity index (χ0) is 14.8. The molecule has 20 heavy (non-hydrogen) atoms. The summed E-state index contributed by atoms with van der Waals surface area (Å²) >= 11 is 1.90. The van der Waals surface area contributed by atoms with Gasteiger partial charge in [-0.25, -0.2) is 4.98 Å². The van der Waals surface area contributed by atoms with Gasteiger partial charge in [0.1, 0.15) is 5.03 Å². The molecule has 112 valence electrons. The molecule has 0 amide bonds. The van der Waals surface area contributed by atoms with Crippen LogP contribution in [0.25, 0.3) is 0 Å². The molecule has 1 fully saturated rings. The van der Waals surface area contributed by atoms with Crippen molar-refractivity contribution in [2.75, 3.05) is 6.54 Å². The molecule has 2 heterocycles. The Bertz CT molecular complexity index is 437. The number of thioether (sulfide) groups is 1. The molecule has 2 rings (SSSR count). The van der Waals surface area contributed by atoms with Crippen molar-refractivity contribution in [1.29, 1.82) is 0 Å². The maximum Gasteiger partial charge on any atom is 0.101 e. The van der Waals surface area contributed by atoms with E-state index in [9.17, 15) is 0 Å². The van der Waals surface area contributed by atoms with Crippen molar-refractivity contribution in [2.45, 2.75) is 75.7 Å². The first-order valence-electron chi connectivity index (χ1n) is 7.78. The molecule has 0 bridgehead atoms. The lowest BCUT2D eigenvalue weighted by atomic mass is 9.95. The Morgan fingerprint density at radius 3 is 2.70 bits per heavy atom. The van der Waals surface area contributed by atoms with Crippen LogP contribution in [0.4, 0.5) is 0 Å². The Balaban J connectivity index is 2.30. The van der Waals surface area contributed by atoms with E-state index in [-0.39, 0.29) is 4.75 Å². The molecule has 0 aromatic carbocycles. The standard InChI is InChI=1S/C17H28N2S/c1-13(2)19-12-7-6-10-15(19)14-9-8-11-18-16(14)20-17(3,4)5/h8-9,11,13,15H,6-7,10,12H2,1-5H3. The molecule has 1 aliphatic heterocycles. The van der Waals surface area contributed by atoms with Gasteiger partial charge in [0.15, 0.2) is 0 Å². The van der Waals surface area contributed by atoms with Crippen LogP contribution in [0.5, 0.6) is 0 Å². The zero-order valence-corrected chi connectivity index (χ0v) is 14.3. The minimum Gasteiger partial charge on any atom is -0.294 e. The normalized spacial score (nSPS) is 21.4. The SMILES string of the molecule is CC(C)N1CCCCC1c1cccnc1SC(C)(C)C. The Morgan fingerprint density at radius 2 is 2.05 bits per heavy atom. The van der Waals surface area contributed by atoms with E-state index in [0.717, 1.165) is 0 Å². The van der Waals surface area contributed by atoms with Crippen molar-refractivity contribution in [3.8, 4) is 0 Å². The van der Waals surface area contributed by atoms with Crippen LogP contribution in [-0.4, -0.2) is 27.2 Å². The molecule has 1 aromatic rings. The third-order valence-electron chi connectivity index (χ3n) is 3.77. The van der Waals surface area contributed by atoms with Crippen molar-refractivity contribution in [3.05, 3.63) is 23.9 Å². The Labute approximate surface area is 128 Å². The molecule has 0 radical (unpaired) electrons. The van der Waals surface area contributed by atoms with Crippen LogP contribution in [0.2, 0.25) is 0 Å². The first kappa shape index (κ1) is 15.8. The van der Waals surface area contributed by atoms with Crippen molar-refractivity contribution >= 4 is 11.8 Å². The summed E-state index contributed by atoms with van der Waals surface area (Å²) in [4.78, 5) is 7.32. The molecular weight excluding hydrogens is 264 g/mol. The van der Waals surface area contributed by atoms with Gasteiger partial charge in [0.05, 0.1) is 0 Å². The highest BCUT2D eigenvalue weighted by molar-refractivity contribution is 8.00. The first-order valence-corrected chi connectivity index (χ1v) is 8.60. The fourth-order valence-electron chi connectivity index (χ4n) is 2.94. The predicted molar refractivity (Wildman–Crippen MR) is 88.3 cm³/mol. The van der Waals surface area contributed by atoms with Gasteiger partial charge in [0.25, 0.3) is 0 Å². The van der Waals surface area contributed by atoms with Crippen molar-refractivity contribution < 1.29 is 0 Å². The molecule has 1 aromatic heterocycles. The summed E-state index contributed by atoms with van der Waals surface area (Å²) < 4.78 is 0.209. The monoisotopic (exact) mass is 292 g/mol. The average molecular weight is 292 g/mol. The Morgan fingerprint density at radius 1 is 1.30 bits per heavy atom. The molecule has 2 nitrogen and oxygen atoms in total. The summed E-state index contributed by atoms with van der Waals surface area (Å²) in [5, 5.41) is 1.22. The molecule has 3 heteroatoms. The van der Waals surface area contributed by atoms with Gasteiger partial charge in [0.2, 0.25) is 0 Å². The third kappa shape index (κ3) is 3.98. The van der Waals surface area contributed by atoms with Crippen LogP contribution >= 0.6 is 11.8 Å². The largest absolute Gasteiger partial charge is 0.294 e. The highest BCUT2D eigenvalue weighted by Crippen LogP contribution is 2.40. The lowest BCUT2D eigenvalue weighted by molar-refractivity contribution is 0.110. The van der Waals surface area contributed by atoms with E-state index < -0.39 is 0 Å². The molecule has 0 saturated carbocycles. The summed E-state index contributed by atoms with van der Waals surface area (Å²) in [6.45, 7) is 12.6. The highest BCUT2D eigenvalue weighted by atomic mass is 32.2. The van der Waals surface area contributed by atoms with Crippen LogP contribution in [-0.2, 0) is 0 Å². The van der Waals surface area contributed by atoms with Gasteiger partial charge in [-0.1, -0.05) is 33.3 Å². The summed E-state index contributed by atoms with van der Waals surface area (Å²) in [5.41, 5.74) is 1.43. The van der Waals surface area contributed by atoms with Gasteiger partial charge >= 0.3 is 0 Å². The minimum absolute atomic E-state index is 0.209. The molecule has 0 N–H and O–H groups in total. The van der Waals surface area contributed by atoms with E-state index in [1.54, 1.807) is 0 Å². The van der Waals surface area contributed by atoms with Crippen LogP contribution < -0.4 is 0 Å². The smallest absolute Gasteiger partial charge is 0.101 e. The molecule has 0 spiro atoms.